The minimum atomic E-state index is -0.0856. The highest BCUT2D eigenvalue weighted by Gasteiger charge is 2.20. The summed E-state index contributed by atoms with van der Waals surface area (Å²) in [6.07, 6.45) is 7.66. The summed E-state index contributed by atoms with van der Waals surface area (Å²) in [6.45, 7) is 0. The van der Waals surface area contributed by atoms with Gasteiger partial charge in [-0.25, -0.2) is 4.98 Å². The Morgan fingerprint density at radius 2 is 2.22 bits per heavy atom. The summed E-state index contributed by atoms with van der Waals surface area (Å²) >= 11 is 0. The highest BCUT2D eigenvalue weighted by molar-refractivity contribution is 5.33. The number of rotatable bonds is 3. The van der Waals surface area contributed by atoms with Crippen LogP contribution in [-0.2, 0) is 7.05 Å². The average Bonchev–Trinajstić information content (AvgIpc) is 2.73. The van der Waals surface area contributed by atoms with E-state index in [2.05, 4.69) is 29.2 Å². The molecule has 1 saturated carbocycles. The minimum Gasteiger partial charge on any atom is -0.336 e. The van der Waals surface area contributed by atoms with E-state index in [0.29, 0.717) is 0 Å². The molecule has 0 spiro atoms. The van der Waals surface area contributed by atoms with Gasteiger partial charge in [-0.2, -0.15) is 0 Å². The minimum absolute atomic E-state index is 0.0856. The van der Waals surface area contributed by atoms with Crippen LogP contribution in [0.25, 0.3) is 0 Å². The highest BCUT2D eigenvalue weighted by atomic mass is 15.0. The van der Waals surface area contributed by atoms with Gasteiger partial charge in [-0.05, 0) is 29.9 Å². The van der Waals surface area contributed by atoms with E-state index in [4.69, 9.17) is 5.73 Å². The second kappa shape index (κ2) is 4.58. The molecule has 94 valence electrons. The van der Waals surface area contributed by atoms with Gasteiger partial charge in [0, 0.05) is 7.05 Å². The van der Waals surface area contributed by atoms with Gasteiger partial charge >= 0.3 is 0 Å². The van der Waals surface area contributed by atoms with E-state index < -0.39 is 0 Å². The van der Waals surface area contributed by atoms with Crippen LogP contribution >= 0.6 is 0 Å². The van der Waals surface area contributed by atoms with Gasteiger partial charge in [0.2, 0.25) is 0 Å². The first-order chi connectivity index (χ1) is 8.75. The predicted molar refractivity (Wildman–Crippen MR) is 72.3 cm³/mol. The molecule has 3 heteroatoms. The molecule has 1 aliphatic rings. The number of imidazole rings is 1. The number of nitrogens with two attached hydrogens (primary N) is 1. The Labute approximate surface area is 108 Å². The smallest absolute Gasteiger partial charge is 0.0946 e. The van der Waals surface area contributed by atoms with Gasteiger partial charge in [0.05, 0.1) is 24.3 Å². The van der Waals surface area contributed by atoms with E-state index in [1.54, 1.807) is 6.33 Å². The van der Waals surface area contributed by atoms with E-state index in [-0.39, 0.29) is 6.04 Å². The Kier molecular flexibility index (Phi) is 2.92. The fourth-order valence-corrected chi connectivity index (χ4v) is 2.59. The molecular weight excluding hydrogens is 222 g/mol. The van der Waals surface area contributed by atoms with Crippen LogP contribution in [0.1, 0.15) is 48.0 Å². The number of aryl methyl sites for hydroxylation is 1. The molecule has 1 aromatic carbocycles. The van der Waals surface area contributed by atoms with E-state index >= 15 is 0 Å². The molecule has 1 aromatic heterocycles. The molecule has 2 aromatic rings. The standard InChI is InChI=1S/C15H19N3/c1-18-10-17-9-14(18)15(16)13-7-3-6-12(8-13)11-4-2-5-11/h3,6-11,15H,2,4-5,16H2,1H3. The molecule has 3 nitrogen and oxygen atoms in total. The van der Waals surface area contributed by atoms with Gasteiger partial charge in [-0.1, -0.05) is 30.7 Å². The quantitative estimate of drug-likeness (QED) is 0.898. The Morgan fingerprint density at radius 1 is 1.39 bits per heavy atom. The molecule has 1 unspecified atom stereocenters. The van der Waals surface area contributed by atoms with Crippen molar-refractivity contribution >= 4 is 0 Å². The van der Waals surface area contributed by atoms with Crippen LogP contribution in [0.15, 0.2) is 36.8 Å². The summed E-state index contributed by atoms with van der Waals surface area (Å²) in [5.74, 6) is 0.753. The molecule has 1 aliphatic carbocycles. The zero-order valence-corrected chi connectivity index (χ0v) is 10.7. The molecular formula is C15H19N3. The maximum Gasteiger partial charge on any atom is 0.0946 e. The maximum absolute atomic E-state index is 6.33. The van der Waals surface area contributed by atoms with E-state index in [1.165, 1.54) is 30.4 Å². The average molecular weight is 241 g/mol. The summed E-state index contributed by atoms with van der Waals surface area (Å²) in [4.78, 5) is 4.14. The number of hydrogen-bond donors (Lipinski definition) is 1. The normalized spacial score (nSPS) is 17.4. The number of aromatic nitrogens is 2. The summed E-state index contributed by atoms with van der Waals surface area (Å²) in [5, 5.41) is 0. The molecule has 0 bridgehead atoms. The van der Waals surface area contributed by atoms with Crippen molar-refractivity contribution in [3.8, 4) is 0 Å². The summed E-state index contributed by atoms with van der Waals surface area (Å²) < 4.78 is 1.99. The second-order valence-corrected chi connectivity index (χ2v) is 5.21. The van der Waals surface area contributed by atoms with Crippen molar-refractivity contribution in [2.75, 3.05) is 0 Å². The van der Waals surface area contributed by atoms with Crippen LogP contribution in [0, 0.1) is 0 Å². The van der Waals surface area contributed by atoms with E-state index in [9.17, 15) is 0 Å². The molecule has 0 radical (unpaired) electrons. The van der Waals surface area contributed by atoms with Crippen molar-refractivity contribution < 1.29 is 0 Å². The van der Waals surface area contributed by atoms with E-state index in [0.717, 1.165) is 11.6 Å². The van der Waals surface area contributed by atoms with Crippen molar-refractivity contribution in [1.29, 1.82) is 0 Å². The summed E-state index contributed by atoms with van der Waals surface area (Å²) in [5.41, 5.74) is 10.0. The molecule has 1 heterocycles. The third-order valence-corrected chi connectivity index (χ3v) is 4.02. The van der Waals surface area contributed by atoms with Gasteiger partial charge in [-0.15, -0.1) is 0 Å². The van der Waals surface area contributed by atoms with Gasteiger partial charge < -0.3 is 10.3 Å². The second-order valence-electron chi connectivity index (χ2n) is 5.21. The first-order valence-corrected chi connectivity index (χ1v) is 6.57. The molecule has 1 atom stereocenters. The van der Waals surface area contributed by atoms with Gasteiger partial charge in [-0.3, -0.25) is 0 Å². The topological polar surface area (TPSA) is 43.8 Å². The lowest BCUT2D eigenvalue weighted by molar-refractivity contribution is 0.419. The zero-order chi connectivity index (χ0) is 12.5. The predicted octanol–water partition coefficient (Wildman–Crippen LogP) is 2.74. The maximum atomic E-state index is 6.33. The first-order valence-electron chi connectivity index (χ1n) is 6.57. The van der Waals surface area contributed by atoms with Gasteiger partial charge in [0.1, 0.15) is 0 Å². The van der Waals surface area contributed by atoms with Crippen molar-refractivity contribution in [3.05, 3.63) is 53.6 Å². The van der Waals surface area contributed by atoms with E-state index in [1.807, 2.05) is 17.8 Å². The van der Waals surface area contributed by atoms with Gasteiger partial charge in [0.25, 0.3) is 0 Å². The van der Waals surface area contributed by atoms with Crippen molar-refractivity contribution in [2.45, 2.75) is 31.2 Å². The van der Waals surface area contributed by atoms with Crippen LogP contribution in [0.5, 0.6) is 0 Å². The molecule has 1 fully saturated rings. The van der Waals surface area contributed by atoms with Crippen LogP contribution in [-0.4, -0.2) is 9.55 Å². The van der Waals surface area contributed by atoms with Crippen LogP contribution < -0.4 is 5.73 Å². The largest absolute Gasteiger partial charge is 0.336 e. The van der Waals surface area contributed by atoms with Crippen molar-refractivity contribution in [3.63, 3.8) is 0 Å². The van der Waals surface area contributed by atoms with Crippen molar-refractivity contribution in [2.24, 2.45) is 12.8 Å². The zero-order valence-electron chi connectivity index (χ0n) is 10.7. The van der Waals surface area contributed by atoms with Gasteiger partial charge in [0.15, 0.2) is 0 Å². The lowest BCUT2D eigenvalue weighted by Crippen LogP contribution is -2.16. The molecule has 2 N–H and O–H groups in total. The van der Waals surface area contributed by atoms with Crippen molar-refractivity contribution in [1.82, 2.24) is 9.55 Å². The number of benzene rings is 1. The van der Waals surface area contributed by atoms with Crippen LogP contribution in [0.3, 0.4) is 0 Å². The Balaban J connectivity index is 1.89. The highest BCUT2D eigenvalue weighted by Crippen LogP contribution is 2.37. The summed E-state index contributed by atoms with van der Waals surface area (Å²) in [6, 6.07) is 8.64. The van der Waals surface area contributed by atoms with Crippen LogP contribution in [0.2, 0.25) is 0 Å². The fraction of sp³-hybridized carbons (Fsp3) is 0.400. The lowest BCUT2D eigenvalue weighted by atomic mass is 9.79. The fourth-order valence-electron chi connectivity index (χ4n) is 2.59. The first kappa shape index (κ1) is 11.5. The molecule has 18 heavy (non-hydrogen) atoms. The Bertz CT molecular complexity index is 540. The molecule has 0 amide bonds. The Hall–Kier alpha value is -1.61. The molecule has 0 aliphatic heterocycles. The molecule has 0 saturated heterocycles. The monoisotopic (exact) mass is 241 g/mol. The number of nitrogens with zero attached hydrogens (tertiary/aromatic N) is 2. The molecule has 3 rings (SSSR count). The number of hydrogen-bond acceptors (Lipinski definition) is 2. The SMILES string of the molecule is Cn1cncc1C(N)c1cccc(C2CCC2)c1. The lowest BCUT2D eigenvalue weighted by Gasteiger charge is -2.26. The Morgan fingerprint density at radius 3 is 2.83 bits per heavy atom. The third kappa shape index (κ3) is 1.95. The van der Waals surface area contributed by atoms with Crippen LogP contribution in [0.4, 0.5) is 0 Å². The third-order valence-electron chi connectivity index (χ3n) is 4.02. The summed E-state index contributed by atoms with van der Waals surface area (Å²) in [7, 11) is 1.98.